The second kappa shape index (κ2) is 7.48. The van der Waals surface area contributed by atoms with E-state index in [2.05, 4.69) is 5.32 Å². The number of carbonyl (C=O) groups is 2. The van der Waals surface area contributed by atoms with Gasteiger partial charge in [-0.05, 0) is 33.1 Å². The molecule has 0 aromatic heterocycles. The number of nitrogens with one attached hydrogen (secondary N) is 1. The number of ether oxygens (including phenoxy) is 1. The van der Waals surface area contributed by atoms with Crippen molar-refractivity contribution in [1.29, 1.82) is 0 Å². The average molecular weight is 273 g/mol. The van der Waals surface area contributed by atoms with Gasteiger partial charge in [0.15, 0.2) is 5.78 Å². The van der Waals surface area contributed by atoms with Gasteiger partial charge in [-0.2, -0.15) is 0 Å². The molecule has 19 heavy (non-hydrogen) atoms. The van der Waals surface area contributed by atoms with Crippen molar-refractivity contribution in [3.05, 3.63) is 0 Å². The first-order valence-electron chi connectivity index (χ1n) is 6.70. The summed E-state index contributed by atoms with van der Waals surface area (Å²) in [7, 11) is 0. The van der Waals surface area contributed by atoms with E-state index in [1.807, 2.05) is 13.8 Å². The van der Waals surface area contributed by atoms with Crippen molar-refractivity contribution in [3.63, 3.8) is 0 Å². The maximum Gasteiger partial charge on any atom is 0.407 e. The molecule has 2 atom stereocenters. The van der Waals surface area contributed by atoms with E-state index < -0.39 is 24.2 Å². The van der Waals surface area contributed by atoms with Crippen LogP contribution in [0.3, 0.4) is 0 Å². The average Bonchev–Trinajstić information content (AvgIpc) is 2.22. The third kappa shape index (κ3) is 7.82. The van der Waals surface area contributed by atoms with Crippen LogP contribution >= 0.6 is 0 Å². The van der Waals surface area contributed by atoms with Crippen LogP contribution in [0.5, 0.6) is 0 Å². The van der Waals surface area contributed by atoms with E-state index in [1.165, 1.54) is 0 Å². The van der Waals surface area contributed by atoms with Crippen LogP contribution in [0.4, 0.5) is 4.79 Å². The Labute approximate surface area is 115 Å². The molecule has 0 bridgehead atoms. The summed E-state index contributed by atoms with van der Waals surface area (Å²) in [5.41, 5.74) is -0.573. The number of hydrogen-bond acceptors (Lipinski definition) is 4. The Hall–Kier alpha value is -1.10. The van der Waals surface area contributed by atoms with Crippen LogP contribution in [0.15, 0.2) is 0 Å². The van der Waals surface area contributed by atoms with Crippen LogP contribution in [-0.2, 0) is 9.53 Å². The molecule has 0 aliphatic carbocycles. The number of hydrogen-bond donors (Lipinski definition) is 2. The first-order chi connectivity index (χ1) is 8.56. The lowest BCUT2D eigenvalue weighted by atomic mass is 9.90. The van der Waals surface area contributed by atoms with Crippen LogP contribution in [-0.4, -0.2) is 35.2 Å². The summed E-state index contributed by atoms with van der Waals surface area (Å²) in [6.07, 6.45) is 0.127. The molecule has 0 radical (unpaired) electrons. The van der Waals surface area contributed by atoms with Gasteiger partial charge in [0.1, 0.15) is 12.2 Å². The van der Waals surface area contributed by atoms with Gasteiger partial charge in [0, 0.05) is 12.0 Å². The van der Waals surface area contributed by atoms with Crippen LogP contribution in [0.2, 0.25) is 0 Å². The third-order valence-corrected chi connectivity index (χ3v) is 2.69. The van der Waals surface area contributed by atoms with Gasteiger partial charge in [0.2, 0.25) is 0 Å². The molecule has 0 heterocycles. The van der Waals surface area contributed by atoms with Crippen LogP contribution in [0.1, 0.15) is 48.0 Å². The summed E-state index contributed by atoms with van der Waals surface area (Å²) in [4.78, 5) is 23.3. The normalized spacial score (nSPS) is 14.9. The SMILES string of the molecule is CC(C)C[C@@H](NC(=O)OC(C)(C)C)[C@@H](C)C(=O)CO. The summed E-state index contributed by atoms with van der Waals surface area (Å²) in [6.45, 7) is 10.6. The van der Waals surface area contributed by atoms with Crippen molar-refractivity contribution in [2.75, 3.05) is 6.61 Å². The van der Waals surface area contributed by atoms with E-state index >= 15 is 0 Å². The second-order valence-corrected chi connectivity index (χ2v) is 6.30. The molecule has 0 rings (SSSR count). The quantitative estimate of drug-likeness (QED) is 0.777. The zero-order valence-electron chi connectivity index (χ0n) is 12.8. The molecule has 5 nitrogen and oxygen atoms in total. The highest BCUT2D eigenvalue weighted by molar-refractivity contribution is 5.83. The van der Waals surface area contributed by atoms with Gasteiger partial charge < -0.3 is 15.2 Å². The number of rotatable bonds is 6. The van der Waals surface area contributed by atoms with Crippen LogP contribution < -0.4 is 5.32 Å². The molecule has 0 saturated carbocycles. The summed E-state index contributed by atoms with van der Waals surface area (Å²) in [5, 5.41) is 11.6. The Kier molecular flexibility index (Phi) is 7.05. The van der Waals surface area contributed by atoms with Crippen molar-refractivity contribution in [2.45, 2.75) is 59.6 Å². The molecule has 5 heteroatoms. The van der Waals surface area contributed by atoms with Crippen molar-refractivity contribution in [2.24, 2.45) is 11.8 Å². The van der Waals surface area contributed by atoms with E-state index in [0.29, 0.717) is 12.3 Å². The van der Waals surface area contributed by atoms with Crippen molar-refractivity contribution >= 4 is 11.9 Å². The Morgan fingerprint density at radius 3 is 2.11 bits per heavy atom. The molecule has 0 aromatic rings. The standard InChI is InChI=1S/C14H27NO4/c1-9(2)7-11(10(3)12(17)8-16)15-13(18)19-14(4,5)6/h9-11,16H,7-8H2,1-6H3,(H,15,18)/t10-,11-/m1/s1. The second-order valence-electron chi connectivity index (χ2n) is 6.30. The highest BCUT2D eigenvalue weighted by Crippen LogP contribution is 2.15. The molecule has 0 saturated heterocycles. The first-order valence-corrected chi connectivity index (χ1v) is 6.70. The monoisotopic (exact) mass is 273 g/mol. The molecule has 1 amide bonds. The minimum Gasteiger partial charge on any atom is -0.444 e. The van der Waals surface area contributed by atoms with Gasteiger partial charge in [-0.25, -0.2) is 4.79 Å². The Balaban J connectivity index is 4.68. The van der Waals surface area contributed by atoms with Crippen molar-refractivity contribution in [1.82, 2.24) is 5.32 Å². The highest BCUT2D eigenvalue weighted by Gasteiger charge is 2.27. The zero-order valence-corrected chi connectivity index (χ0v) is 12.8. The Bertz CT molecular complexity index is 307. The fraction of sp³-hybridized carbons (Fsp3) is 0.857. The molecule has 0 unspecified atom stereocenters. The summed E-state index contributed by atoms with van der Waals surface area (Å²) in [6, 6.07) is -0.325. The fourth-order valence-corrected chi connectivity index (χ4v) is 1.72. The summed E-state index contributed by atoms with van der Waals surface area (Å²) < 4.78 is 5.19. The summed E-state index contributed by atoms with van der Waals surface area (Å²) >= 11 is 0. The van der Waals surface area contributed by atoms with Gasteiger partial charge in [0.05, 0.1) is 0 Å². The molecule has 0 spiro atoms. The van der Waals surface area contributed by atoms with Crippen molar-refractivity contribution < 1.29 is 19.4 Å². The van der Waals surface area contributed by atoms with E-state index in [4.69, 9.17) is 9.84 Å². The number of Topliss-reactive ketones (excluding diaryl/α,β-unsaturated/α-hetero) is 1. The maximum atomic E-state index is 11.8. The van der Waals surface area contributed by atoms with Crippen molar-refractivity contribution in [3.8, 4) is 0 Å². The smallest absolute Gasteiger partial charge is 0.407 e. The number of aliphatic hydroxyl groups excluding tert-OH is 1. The number of ketones is 1. The predicted molar refractivity (Wildman–Crippen MR) is 73.9 cm³/mol. The Morgan fingerprint density at radius 2 is 1.74 bits per heavy atom. The predicted octanol–water partition coefficient (Wildman–Crippen LogP) is 2.12. The molecule has 2 N–H and O–H groups in total. The van der Waals surface area contributed by atoms with Gasteiger partial charge in [0.25, 0.3) is 0 Å². The third-order valence-electron chi connectivity index (χ3n) is 2.69. The van der Waals surface area contributed by atoms with Gasteiger partial charge >= 0.3 is 6.09 Å². The highest BCUT2D eigenvalue weighted by atomic mass is 16.6. The molecule has 0 fully saturated rings. The number of carbonyl (C=O) groups excluding carboxylic acids is 2. The van der Waals surface area contributed by atoms with Crippen LogP contribution in [0, 0.1) is 11.8 Å². The molecule has 112 valence electrons. The number of amides is 1. The van der Waals surface area contributed by atoms with E-state index in [0.717, 1.165) is 0 Å². The number of aliphatic hydroxyl groups is 1. The van der Waals surface area contributed by atoms with Crippen LogP contribution in [0.25, 0.3) is 0 Å². The molecule has 0 aliphatic heterocycles. The molecule has 0 aliphatic rings. The van der Waals surface area contributed by atoms with Gasteiger partial charge in [-0.3, -0.25) is 4.79 Å². The molecule has 0 aromatic carbocycles. The van der Waals surface area contributed by atoms with Gasteiger partial charge in [-0.15, -0.1) is 0 Å². The lowest BCUT2D eigenvalue weighted by molar-refractivity contribution is -0.126. The maximum absolute atomic E-state index is 11.8. The lowest BCUT2D eigenvalue weighted by Crippen LogP contribution is -2.45. The fourth-order valence-electron chi connectivity index (χ4n) is 1.72. The van der Waals surface area contributed by atoms with Gasteiger partial charge in [-0.1, -0.05) is 20.8 Å². The van der Waals surface area contributed by atoms with E-state index in [1.54, 1.807) is 27.7 Å². The topological polar surface area (TPSA) is 75.6 Å². The lowest BCUT2D eigenvalue weighted by Gasteiger charge is -2.27. The first kappa shape index (κ1) is 17.9. The minimum absolute atomic E-state index is 0.276. The Morgan fingerprint density at radius 1 is 1.21 bits per heavy atom. The largest absolute Gasteiger partial charge is 0.444 e. The van der Waals surface area contributed by atoms with E-state index in [-0.39, 0.29) is 11.8 Å². The minimum atomic E-state index is -0.573. The number of alkyl carbamates (subject to hydrolysis) is 1. The molecular weight excluding hydrogens is 246 g/mol. The summed E-state index contributed by atoms with van der Waals surface area (Å²) in [5.74, 6) is -0.379. The zero-order chi connectivity index (χ0) is 15.2. The van der Waals surface area contributed by atoms with E-state index in [9.17, 15) is 9.59 Å². The molecular formula is C14H27NO4.